The van der Waals surface area contributed by atoms with Crippen LogP contribution in [0.5, 0.6) is 0 Å². The lowest BCUT2D eigenvalue weighted by molar-refractivity contribution is 0.0369. The maximum Gasteiger partial charge on any atom is 0.115 e. The predicted octanol–water partition coefficient (Wildman–Crippen LogP) is 4.18. The molecule has 0 rings (SSSR count). The van der Waals surface area contributed by atoms with Crippen LogP contribution < -0.4 is 0 Å². The lowest BCUT2D eigenvalue weighted by Gasteiger charge is -2.23. The van der Waals surface area contributed by atoms with Gasteiger partial charge in [0.1, 0.15) is 5.44 Å². The Hall–Kier alpha value is 0.660. The third-order valence-corrected chi connectivity index (χ3v) is 4.69. The third-order valence-electron chi connectivity index (χ3n) is 1.29. The number of rotatable bonds is 6. The minimum atomic E-state index is 0.326. The first kappa shape index (κ1) is 13.7. The van der Waals surface area contributed by atoms with Gasteiger partial charge in [0.15, 0.2) is 0 Å². The molecule has 0 bridgehead atoms. The molecule has 0 fully saturated rings. The molecule has 0 saturated heterocycles. The summed E-state index contributed by atoms with van der Waals surface area (Å²) in [5.41, 5.74) is 0.326. The summed E-state index contributed by atoms with van der Waals surface area (Å²) >= 11 is 0. The van der Waals surface area contributed by atoms with E-state index in [0.29, 0.717) is 22.7 Å². The normalized spacial score (nSPS) is 14.5. The summed E-state index contributed by atoms with van der Waals surface area (Å²) in [7, 11) is 3.76. The molecule has 0 aliphatic carbocycles. The van der Waals surface area contributed by atoms with Crippen molar-refractivity contribution >= 4 is 21.6 Å². The number of hydrogen-bond donors (Lipinski definition) is 0. The van der Waals surface area contributed by atoms with Gasteiger partial charge in [-0.1, -0.05) is 49.3 Å². The average molecular weight is 222 g/mol. The zero-order chi connectivity index (χ0) is 10.4. The van der Waals surface area contributed by atoms with Gasteiger partial charge < -0.3 is 4.74 Å². The van der Waals surface area contributed by atoms with E-state index in [1.807, 2.05) is 21.6 Å². The van der Waals surface area contributed by atoms with E-state index >= 15 is 0 Å². The van der Waals surface area contributed by atoms with Crippen LogP contribution in [0.1, 0.15) is 41.5 Å². The SMILES string of the molecule is CC(C)OC(SSC(C)C)C(C)C. The van der Waals surface area contributed by atoms with Crippen LogP contribution in [0.15, 0.2) is 0 Å². The molecule has 0 aromatic rings. The van der Waals surface area contributed by atoms with E-state index in [9.17, 15) is 0 Å². The summed E-state index contributed by atoms with van der Waals surface area (Å²) < 4.78 is 5.80. The van der Waals surface area contributed by atoms with Crippen LogP contribution in [0.25, 0.3) is 0 Å². The van der Waals surface area contributed by atoms with Gasteiger partial charge in [0.05, 0.1) is 6.10 Å². The lowest BCUT2D eigenvalue weighted by atomic mass is 10.2. The Morgan fingerprint density at radius 1 is 0.846 bits per heavy atom. The molecule has 3 heteroatoms. The van der Waals surface area contributed by atoms with Crippen molar-refractivity contribution < 1.29 is 4.74 Å². The molecule has 0 N–H and O–H groups in total. The second-order valence-electron chi connectivity index (χ2n) is 4.04. The minimum Gasteiger partial charge on any atom is -0.364 e. The van der Waals surface area contributed by atoms with Gasteiger partial charge >= 0.3 is 0 Å². The zero-order valence-electron chi connectivity index (χ0n) is 9.53. The Bertz CT molecular complexity index is 124. The highest BCUT2D eigenvalue weighted by molar-refractivity contribution is 8.77. The standard InChI is InChI=1S/C10H22OS2/c1-7(2)10(11-8(3)4)13-12-9(5)6/h7-10H,1-6H3. The second-order valence-corrected chi connectivity index (χ2v) is 6.99. The van der Waals surface area contributed by atoms with E-state index in [1.165, 1.54) is 0 Å². The van der Waals surface area contributed by atoms with E-state index in [4.69, 9.17) is 4.74 Å². The van der Waals surface area contributed by atoms with Crippen molar-refractivity contribution in [3.63, 3.8) is 0 Å². The zero-order valence-corrected chi connectivity index (χ0v) is 11.2. The van der Waals surface area contributed by atoms with Crippen molar-refractivity contribution in [2.24, 2.45) is 5.92 Å². The molecule has 0 radical (unpaired) electrons. The maximum atomic E-state index is 5.80. The molecule has 1 nitrogen and oxygen atoms in total. The fourth-order valence-corrected chi connectivity index (χ4v) is 3.34. The monoisotopic (exact) mass is 222 g/mol. The van der Waals surface area contributed by atoms with Crippen LogP contribution in [0.2, 0.25) is 0 Å². The first-order chi connectivity index (χ1) is 5.93. The first-order valence-corrected chi connectivity index (χ1v) is 7.18. The molecule has 0 amide bonds. The quantitative estimate of drug-likeness (QED) is 0.493. The van der Waals surface area contributed by atoms with Crippen molar-refractivity contribution in [2.75, 3.05) is 0 Å². The Balaban J connectivity index is 3.81. The summed E-state index contributed by atoms with van der Waals surface area (Å²) in [5, 5.41) is 0.669. The second kappa shape index (κ2) is 7.02. The highest BCUT2D eigenvalue weighted by atomic mass is 33.1. The fraction of sp³-hybridized carbons (Fsp3) is 1.00. The smallest absolute Gasteiger partial charge is 0.115 e. The molecule has 0 saturated carbocycles. The first-order valence-electron chi connectivity index (χ1n) is 4.91. The predicted molar refractivity (Wildman–Crippen MR) is 65.2 cm³/mol. The summed E-state index contributed by atoms with van der Waals surface area (Å²) in [6.07, 6.45) is 0.327. The van der Waals surface area contributed by atoms with E-state index in [2.05, 4.69) is 41.5 Å². The molecule has 0 spiro atoms. The number of hydrogen-bond acceptors (Lipinski definition) is 3. The Kier molecular flexibility index (Phi) is 7.37. The van der Waals surface area contributed by atoms with E-state index in [0.717, 1.165) is 0 Å². The van der Waals surface area contributed by atoms with Gasteiger partial charge in [-0.2, -0.15) is 0 Å². The molecule has 1 atom stereocenters. The van der Waals surface area contributed by atoms with Crippen LogP contribution in [-0.4, -0.2) is 16.8 Å². The van der Waals surface area contributed by atoms with Gasteiger partial charge in [0.2, 0.25) is 0 Å². The van der Waals surface area contributed by atoms with Crippen molar-refractivity contribution in [1.82, 2.24) is 0 Å². The van der Waals surface area contributed by atoms with Crippen molar-refractivity contribution in [2.45, 2.75) is 58.3 Å². The molecule has 1 unspecified atom stereocenters. The van der Waals surface area contributed by atoms with Crippen LogP contribution in [0, 0.1) is 5.92 Å². The van der Waals surface area contributed by atoms with Gasteiger partial charge in [-0.3, -0.25) is 0 Å². The third kappa shape index (κ3) is 7.71. The van der Waals surface area contributed by atoms with Crippen LogP contribution >= 0.6 is 21.6 Å². The molecule has 0 heterocycles. The highest BCUT2D eigenvalue weighted by Crippen LogP contribution is 2.35. The van der Waals surface area contributed by atoms with Crippen LogP contribution in [0.4, 0.5) is 0 Å². The molecule has 80 valence electrons. The van der Waals surface area contributed by atoms with E-state index < -0.39 is 0 Å². The van der Waals surface area contributed by atoms with Gasteiger partial charge in [-0.05, 0) is 19.8 Å². The summed E-state index contributed by atoms with van der Waals surface area (Å²) in [4.78, 5) is 0. The highest BCUT2D eigenvalue weighted by Gasteiger charge is 2.16. The van der Waals surface area contributed by atoms with Crippen molar-refractivity contribution in [3.8, 4) is 0 Å². The van der Waals surface area contributed by atoms with Gasteiger partial charge in [-0.25, -0.2) is 0 Å². The van der Waals surface area contributed by atoms with E-state index in [-0.39, 0.29) is 0 Å². The van der Waals surface area contributed by atoms with Crippen molar-refractivity contribution in [1.29, 1.82) is 0 Å². The van der Waals surface area contributed by atoms with E-state index in [1.54, 1.807) is 0 Å². The van der Waals surface area contributed by atoms with Gasteiger partial charge in [0, 0.05) is 5.25 Å². The van der Waals surface area contributed by atoms with Crippen LogP contribution in [-0.2, 0) is 4.74 Å². The fourth-order valence-electron chi connectivity index (χ4n) is 0.725. The summed E-state index contributed by atoms with van der Waals surface area (Å²) in [6, 6.07) is 0. The van der Waals surface area contributed by atoms with Gasteiger partial charge in [0.25, 0.3) is 0 Å². The van der Waals surface area contributed by atoms with Crippen molar-refractivity contribution in [3.05, 3.63) is 0 Å². The molecule has 13 heavy (non-hydrogen) atoms. The Morgan fingerprint density at radius 3 is 1.69 bits per heavy atom. The molecule has 0 aliphatic heterocycles. The minimum absolute atomic E-state index is 0.326. The largest absolute Gasteiger partial charge is 0.364 e. The van der Waals surface area contributed by atoms with Gasteiger partial charge in [-0.15, -0.1) is 0 Å². The molecular weight excluding hydrogens is 200 g/mol. The molecular formula is C10H22OS2. The Labute approximate surface area is 90.8 Å². The lowest BCUT2D eigenvalue weighted by Crippen LogP contribution is -2.19. The summed E-state index contributed by atoms with van der Waals surface area (Å²) in [6.45, 7) is 13.0. The maximum absolute atomic E-state index is 5.80. The average Bonchev–Trinajstić information content (AvgIpc) is 1.96. The molecule has 0 aliphatic rings. The topological polar surface area (TPSA) is 9.23 Å². The Morgan fingerprint density at radius 2 is 1.38 bits per heavy atom. The number of ether oxygens (including phenoxy) is 1. The summed E-state index contributed by atoms with van der Waals surface area (Å²) in [5.74, 6) is 0.582. The van der Waals surface area contributed by atoms with Crippen LogP contribution in [0.3, 0.4) is 0 Å². The molecule has 0 aromatic heterocycles. The molecule has 0 aromatic carbocycles.